The lowest BCUT2D eigenvalue weighted by Crippen LogP contribution is -2.04. The van der Waals surface area contributed by atoms with E-state index in [1.54, 1.807) is 0 Å². The van der Waals surface area contributed by atoms with Crippen molar-refractivity contribution in [2.75, 3.05) is 0 Å². The van der Waals surface area contributed by atoms with Gasteiger partial charge in [0, 0.05) is 21.5 Å². The van der Waals surface area contributed by atoms with E-state index in [1.165, 1.54) is 21.9 Å². The summed E-state index contributed by atoms with van der Waals surface area (Å²) in [7, 11) is 0. The molecular formula is C34H26N4. The van der Waals surface area contributed by atoms with E-state index in [1.807, 2.05) is 24.5 Å². The summed E-state index contributed by atoms with van der Waals surface area (Å²) in [5, 5.41) is 4.75. The first-order valence-electron chi connectivity index (χ1n) is 12.7. The molecule has 38 heavy (non-hydrogen) atoms. The van der Waals surface area contributed by atoms with Crippen LogP contribution in [0.1, 0.15) is 22.3 Å². The van der Waals surface area contributed by atoms with Crippen molar-refractivity contribution in [1.82, 2.24) is 19.1 Å². The van der Waals surface area contributed by atoms with Gasteiger partial charge in [-0.1, -0.05) is 60.7 Å². The van der Waals surface area contributed by atoms with Gasteiger partial charge in [0.2, 0.25) is 0 Å². The molecule has 7 rings (SSSR count). The van der Waals surface area contributed by atoms with Crippen molar-refractivity contribution in [2.24, 2.45) is 0 Å². The molecule has 0 unspecified atom stereocenters. The fourth-order valence-electron chi connectivity index (χ4n) is 5.62. The normalized spacial score (nSPS) is 11.6. The summed E-state index contributed by atoms with van der Waals surface area (Å²) in [6.45, 7) is 12.2. The lowest BCUT2D eigenvalue weighted by atomic mass is 10.1. The van der Waals surface area contributed by atoms with Gasteiger partial charge < -0.3 is 0 Å². The van der Waals surface area contributed by atoms with Crippen molar-refractivity contribution in [3.05, 3.63) is 121 Å². The summed E-state index contributed by atoms with van der Waals surface area (Å²) in [5.74, 6) is 1.56. The Bertz CT molecular complexity index is 1960. The van der Waals surface area contributed by atoms with Crippen LogP contribution in [0.25, 0.3) is 67.4 Å². The lowest BCUT2D eigenvalue weighted by molar-refractivity contribution is 0.979. The average molecular weight is 491 g/mol. The number of rotatable bonds is 4. The van der Waals surface area contributed by atoms with Crippen LogP contribution in [-0.4, -0.2) is 19.1 Å². The summed E-state index contributed by atoms with van der Waals surface area (Å²) in [5.41, 5.74) is 9.03. The van der Waals surface area contributed by atoms with Crippen LogP contribution in [0.4, 0.5) is 0 Å². The molecule has 0 atom stereocenters. The zero-order valence-electron chi connectivity index (χ0n) is 21.4. The van der Waals surface area contributed by atoms with Crippen LogP contribution < -0.4 is 0 Å². The van der Waals surface area contributed by atoms with Gasteiger partial charge in [-0.3, -0.25) is 14.1 Å². The maximum atomic E-state index is 5.21. The first-order chi connectivity index (χ1) is 18.6. The molecule has 4 heteroatoms. The number of fused-ring (bicyclic) bond motifs is 6. The van der Waals surface area contributed by atoms with Gasteiger partial charge >= 0.3 is 0 Å². The monoisotopic (exact) mass is 490 g/mol. The predicted octanol–water partition coefficient (Wildman–Crippen LogP) is 8.57. The van der Waals surface area contributed by atoms with Gasteiger partial charge in [0.15, 0.2) is 11.6 Å². The summed E-state index contributed by atoms with van der Waals surface area (Å²) >= 11 is 0. The van der Waals surface area contributed by atoms with Gasteiger partial charge in [-0.05, 0) is 73.5 Å². The number of benzene rings is 4. The molecule has 0 spiro atoms. The lowest BCUT2D eigenvalue weighted by Gasteiger charge is -2.11. The number of nitrogens with zero attached hydrogens (tertiary/aromatic N) is 4. The van der Waals surface area contributed by atoms with Gasteiger partial charge in [-0.25, -0.2) is 4.98 Å². The molecule has 182 valence electrons. The van der Waals surface area contributed by atoms with Gasteiger partial charge in [0.25, 0.3) is 0 Å². The van der Waals surface area contributed by atoms with Crippen LogP contribution in [0.3, 0.4) is 0 Å². The molecule has 0 aliphatic heterocycles. The highest BCUT2D eigenvalue weighted by Gasteiger charge is 2.17. The van der Waals surface area contributed by atoms with E-state index >= 15 is 0 Å². The number of hydrogen-bond donors (Lipinski definition) is 0. The third-order valence-electron chi connectivity index (χ3n) is 7.43. The van der Waals surface area contributed by atoms with E-state index in [0.29, 0.717) is 0 Å². The second-order valence-electron chi connectivity index (χ2n) is 9.91. The summed E-state index contributed by atoms with van der Waals surface area (Å²) in [6.07, 6.45) is 7.45. The van der Waals surface area contributed by atoms with Crippen LogP contribution in [0.2, 0.25) is 0 Å². The molecule has 3 aromatic heterocycles. The van der Waals surface area contributed by atoms with Crippen molar-refractivity contribution in [2.45, 2.75) is 13.8 Å². The number of aromatic nitrogens is 4. The second-order valence-corrected chi connectivity index (χ2v) is 9.91. The molecule has 4 aromatic carbocycles. The highest BCUT2D eigenvalue weighted by Crippen LogP contribution is 2.35. The zero-order valence-corrected chi connectivity index (χ0v) is 21.4. The number of hydrogen-bond acceptors (Lipinski definition) is 2. The van der Waals surface area contributed by atoms with Gasteiger partial charge in [-0.2, -0.15) is 0 Å². The topological polar surface area (TPSA) is 35.6 Å². The van der Waals surface area contributed by atoms with Crippen molar-refractivity contribution in [3.8, 4) is 11.6 Å². The number of aryl methyl sites for hydroxylation is 2. The smallest absolute Gasteiger partial charge is 0.158 e. The molecule has 4 nitrogen and oxygen atoms in total. The zero-order chi connectivity index (χ0) is 26.0. The molecule has 7 aromatic rings. The minimum absolute atomic E-state index is 0.773. The largest absolute Gasteiger partial charge is 0.292 e. The van der Waals surface area contributed by atoms with E-state index in [2.05, 4.69) is 114 Å². The molecule has 0 radical (unpaired) electrons. The Morgan fingerprint density at radius 2 is 0.947 bits per heavy atom. The molecule has 0 fully saturated rings. The first kappa shape index (κ1) is 22.3. The van der Waals surface area contributed by atoms with E-state index in [-0.39, 0.29) is 0 Å². The highest BCUT2D eigenvalue weighted by molar-refractivity contribution is 6.11. The molecule has 0 saturated heterocycles. The average Bonchev–Trinajstić information content (AvgIpc) is 3.44. The molecule has 0 saturated carbocycles. The molecular weight excluding hydrogens is 464 g/mol. The quantitative estimate of drug-likeness (QED) is 0.248. The Kier molecular flexibility index (Phi) is 4.85. The minimum Gasteiger partial charge on any atom is -0.292 e. The summed E-state index contributed by atoms with van der Waals surface area (Å²) < 4.78 is 4.42. The van der Waals surface area contributed by atoms with Gasteiger partial charge in [0.05, 0.1) is 34.5 Å². The second kappa shape index (κ2) is 8.29. The molecule has 0 aliphatic carbocycles. The molecule has 0 bridgehead atoms. The van der Waals surface area contributed by atoms with Crippen molar-refractivity contribution < 1.29 is 0 Å². The van der Waals surface area contributed by atoms with E-state index in [0.717, 1.165) is 55.6 Å². The SMILES string of the molecule is C=Cc1ccc2c(c1)c1cc(C=C)ccc1n2-c1cncc(-n2c3ccc(C)cc3c3cc(C)ccc32)n1. The Morgan fingerprint density at radius 1 is 0.553 bits per heavy atom. The van der Waals surface area contributed by atoms with Crippen LogP contribution in [0.15, 0.2) is 98.3 Å². The van der Waals surface area contributed by atoms with Gasteiger partial charge in [0.1, 0.15) is 0 Å². The van der Waals surface area contributed by atoms with E-state index < -0.39 is 0 Å². The van der Waals surface area contributed by atoms with Crippen LogP contribution >= 0.6 is 0 Å². The van der Waals surface area contributed by atoms with Crippen molar-refractivity contribution in [3.63, 3.8) is 0 Å². The predicted molar refractivity (Wildman–Crippen MR) is 160 cm³/mol. The van der Waals surface area contributed by atoms with E-state index in [4.69, 9.17) is 4.98 Å². The summed E-state index contributed by atoms with van der Waals surface area (Å²) in [4.78, 5) is 9.90. The molecule has 0 amide bonds. The first-order valence-corrected chi connectivity index (χ1v) is 12.7. The van der Waals surface area contributed by atoms with E-state index in [9.17, 15) is 0 Å². The Labute approximate surface area is 220 Å². The fraction of sp³-hybridized carbons (Fsp3) is 0.0588. The third-order valence-corrected chi connectivity index (χ3v) is 7.43. The standard InChI is InChI=1S/C34H26N4/c1-5-23-9-13-31-27(17-23)28-18-24(6-2)10-14-32(28)38(31)34-20-35-19-33(36-34)37-29-11-7-21(3)15-25(29)26-16-22(4)8-12-30(26)37/h5-20H,1-2H2,3-4H3. The third kappa shape index (κ3) is 3.24. The molecule has 3 heterocycles. The van der Waals surface area contributed by atoms with Crippen LogP contribution in [0.5, 0.6) is 0 Å². The molecule has 0 aliphatic rings. The molecule has 0 N–H and O–H groups in total. The van der Waals surface area contributed by atoms with Crippen LogP contribution in [0, 0.1) is 13.8 Å². The minimum atomic E-state index is 0.773. The fourth-order valence-corrected chi connectivity index (χ4v) is 5.62. The Balaban J connectivity index is 1.53. The Hall–Kier alpha value is -4.96. The van der Waals surface area contributed by atoms with Crippen molar-refractivity contribution >= 4 is 55.8 Å². The Morgan fingerprint density at radius 3 is 1.37 bits per heavy atom. The summed E-state index contributed by atoms with van der Waals surface area (Å²) in [6, 6.07) is 26.0. The highest BCUT2D eigenvalue weighted by atomic mass is 15.2. The maximum Gasteiger partial charge on any atom is 0.158 e. The van der Waals surface area contributed by atoms with Crippen LogP contribution in [-0.2, 0) is 0 Å². The van der Waals surface area contributed by atoms with Crippen molar-refractivity contribution in [1.29, 1.82) is 0 Å². The van der Waals surface area contributed by atoms with Gasteiger partial charge in [-0.15, -0.1) is 0 Å². The maximum absolute atomic E-state index is 5.21.